The van der Waals surface area contributed by atoms with Crippen molar-refractivity contribution in [2.45, 2.75) is 0 Å². The summed E-state index contributed by atoms with van der Waals surface area (Å²) >= 11 is 3.33. The SMILES string of the molecule is O=C(COC(=O)c1ccccc1NC(=O)c1ccc(Br)cc1)c1ccc(-c2ccccc2)cc1. The summed E-state index contributed by atoms with van der Waals surface area (Å²) in [5.74, 6) is -1.37. The number of Topliss-reactive ketones (excluding diaryl/α,β-unsaturated/α-hetero) is 1. The Hall–Kier alpha value is -4.03. The number of carbonyl (C=O) groups is 3. The highest BCUT2D eigenvalue weighted by Crippen LogP contribution is 2.21. The standard InChI is InChI=1S/C28H20BrNO4/c29-23-16-14-22(15-17-23)27(32)30-25-9-5-4-8-24(25)28(33)34-18-26(31)21-12-10-20(11-13-21)19-6-2-1-3-7-19/h1-17H,18H2,(H,30,32). The van der Waals surface area contributed by atoms with Crippen molar-refractivity contribution in [1.29, 1.82) is 0 Å². The number of rotatable bonds is 7. The first-order chi connectivity index (χ1) is 16.5. The fourth-order valence-corrected chi connectivity index (χ4v) is 3.60. The predicted molar refractivity (Wildman–Crippen MR) is 135 cm³/mol. The van der Waals surface area contributed by atoms with Gasteiger partial charge in [0, 0.05) is 15.6 Å². The molecule has 168 valence electrons. The third-order valence-electron chi connectivity index (χ3n) is 5.15. The van der Waals surface area contributed by atoms with Crippen LogP contribution in [0.3, 0.4) is 0 Å². The van der Waals surface area contributed by atoms with Crippen LogP contribution in [0.1, 0.15) is 31.1 Å². The van der Waals surface area contributed by atoms with Gasteiger partial charge in [-0.15, -0.1) is 0 Å². The second-order valence-corrected chi connectivity index (χ2v) is 8.36. The van der Waals surface area contributed by atoms with Gasteiger partial charge in [0.15, 0.2) is 12.4 Å². The highest BCUT2D eigenvalue weighted by atomic mass is 79.9. The lowest BCUT2D eigenvalue weighted by Crippen LogP contribution is -2.18. The number of hydrogen-bond donors (Lipinski definition) is 1. The lowest BCUT2D eigenvalue weighted by atomic mass is 10.0. The molecule has 0 saturated carbocycles. The molecule has 0 fully saturated rings. The summed E-state index contributed by atoms with van der Waals surface area (Å²) < 4.78 is 6.11. The fourth-order valence-electron chi connectivity index (χ4n) is 3.34. The Kier molecular flexibility index (Phi) is 7.30. The number of benzene rings is 4. The molecule has 0 atom stereocenters. The summed E-state index contributed by atoms with van der Waals surface area (Å²) in [5, 5.41) is 2.73. The van der Waals surface area contributed by atoms with Crippen molar-refractivity contribution in [3.8, 4) is 11.1 Å². The number of esters is 1. The molecule has 0 aliphatic heterocycles. The van der Waals surface area contributed by atoms with Gasteiger partial charge in [-0.1, -0.05) is 82.7 Å². The quantitative estimate of drug-likeness (QED) is 0.229. The number of para-hydroxylation sites is 1. The van der Waals surface area contributed by atoms with Gasteiger partial charge in [0.2, 0.25) is 0 Å². The van der Waals surface area contributed by atoms with E-state index in [1.165, 1.54) is 0 Å². The second kappa shape index (κ2) is 10.7. The van der Waals surface area contributed by atoms with Crippen LogP contribution in [0.4, 0.5) is 5.69 Å². The largest absolute Gasteiger partial charge is 0.454 e. The van der Waals surface area contributed by atoms with Crippen molar-refractivity contribution in [1.82, 2.24) is 0 Å². The Morgan fingerprint density at radius 3 is 1.97 bits per heavy atom. The zero-order valence-corrected chi connectivity index (χ0v) is 19.6. The molecule has 1 N–H and O–H groups in total. The summed E-state index contributed by atoms with van der Waals surface area (Å²) in [6.07, 6.45) is 0. The molecule has 0 heterocycles. The lowest BCUT2D eigenvalue weighted by molar-refractivity contribution is 0.0475. The van der Waals surface area contributed by atoms with Crippen LogP contribution in [-0.4, -0.2) is 24.3 Å². The zero-order valence-electron chi connectivity index (χ0n) is 18.0. The van der Waals surface area contributed by atoms with Crippen LogP contribution < -0.4 is 5.32 Å². The molecule has 1 amide bonds. The van der Waals surface area contributed by atoms with Gasteiger partial charge in [-0.2, -0.15) is 0 Å². The van der Waals surface area contributed by atoms with Crippen molar-refractivity contribution < 1.29 is 19.1 Å². The Bertz CT molecular complexity index is 1320. The van der Waals surface area contributed by atoms with Crippen LogP contribution in [-0.2, 0) is 4.74 Å². The van der Waals surface area contributed by atoms with Gasteiger partial charge in [0.05, 0.1) is 11.3 Å². The topological polar surface area (TPSA) is 72.5 Å². The maximum Gasteiger partial charge on any atom is 0.340 e. The predicted octanol–water partition coefficient (Wildman–Crippen LogP) is 6.41. The smallest absolute Gasteiger partial charge is 0.340 e. The van der Waals surface area contributed by atoms with Crippen LogP contribution in [0, 0.1) is 0 Å². The molecule has 4 aromatic carbocycles. The van der Waals surface area contributed by atoms with E-state index in [2.05, 4.69) is 21.2 Å². The molecular weight excluding hydrogens is 494 g/mol. The molecular formula is C28H20BrNO4. The molecule has 34 heavy (non-hydrogen) atoms. The molecule has 0 aliphatic carbocycles. The van der Waals surface area contributed by atoms with E-state index in [1.807, 2.05) is 42.5 Å². The summed E-state index contributed by atoms with van der Waals surface area (Å²) in [4.78, 5) is 37.8. The maximum atomic E-state index is 12.7. The molecule has 0 radical (unpaired) electrons. The molecule has 6 heteroatoms. The van der Waals surface area contributed by atoms with E-state index in [1.54, 1.807) is 60.7 Å². The van der Waals surface area contributed by atoms with Gasteiger partial charge in [-0.25, -0.2) is 4.79 Å². The minimum Gasteiger partial charge on any atom is -0.454 e. The van der Waals surface area contributed by atoms with Gasteiger partial charge in [0.25, 0.3) is 5.91 Å². The van der Waals surface area contributed by atoms with Crippen LogP contribution in [0.15, 0.2) is 108 Å². The Morgan fingerprint density at radius 2 is 1.26 bits per heavy atom. The number of ketones is 1. The van der Waals surface area contributed by atoms with E-state index >= 15 is 0 Å². The van der Waals surface area contributed by atoms with Crippen LogP contribution in [0.5, 0.6) is 0 Å². The van der Waals surface area contributed by atoms with E-state index < -0.39 is 12.6 Å². The first-order valence-electron chi connectivity index (χ1n) is 10.5. The van der Waals surface area contributed by atoms with Gasteiger partial charge < -0.3 is 10.1 Å². The van der Waals surface area contributed by atoms with Crippen molar-refractivity contribution >= 4 is 39.3 Å². The van der Waals surface area contributed by atoms with Gasteiger partial charge in [-0.05, 0) is 47.5 Å². The average molecular weight is 514 g/mol. The first kappa shape index (κ1) is 23.1. The Morgan fingerprint density at radius 1 is 0.676 bits per heavy atom. The van der Waals surface area contributed by atoms with Crippen LogP contribution in [0.25, 0.3) is 11.1 Å². The highest BCUT2D eigenvalue weighted by Gasteiger charge is 2.17. The molecule has 4 rings (SSSR count). The fraction of sp³-hybridized carbons (Fsp3) is 0.0357. The molecule has 0 unspecified atom stereocenters. The molecule has 0 aromatic heterocycles. The van der Waals surface area contributed by atoms with E-state index in [0.29, 0.717) is 16.8 Å². The highest BCUT2D eigenvalue weighted by molar-refractivity contribution is 9.10. The van der Waals surface area contributed by atoms with Crippen molar-refractivity contribution in [3.63, 3.8) is 0 Å². The Labute approximate surface area is 205 Å². The number of anilines is 1. The summed E-state index contributed by atoms with van der Waals surface area (Å²) in [6.45, 7) is -0.404. The molecule has 0 saturated heterocycles. The molecule has 4 aromatic rings. The molecule has 5 nitrogen and oxygen atoms in total. The number of amides is 1. The van der Waals surface area contributed by atoms with E-state index in [-0.39, 0.29) is 17.3 Å². The minimum absolute atomic E-state index is 0.167. The monoisotopic (exact) mass is 513 g/mol. The number of halogens is 1. The van der Waals surface area contributed by atoms with Crippen molar-refractivity contribution in [3.05, 3.63) is 124 Å². The number of carbonyl (C=O) groups excluding carboxylic acids is 3. The average Bonchev–Trinajstić information content (AvgIpc) is 2.88. The number of hydrogen-bond acceptors (Lipinski definition) is 4. The third-order valence-corrected chi connectivity index (χ3v) is 5.68. The lowest BCUT2D eigenvalue weighted by Gasteiger charge is -2.11. The maximum absolute atomic E-state index is 12.7. The molecule has 0 aliphatic rings. The van der Waals surface area contributed by atoms with Crippen LogP contribution in [0.2, 0.25) is 0 Å². The van der Waals surface area contributed by atoms with E-state index in [4.69, 9.17) is 4.74 Å². The van der Waals surface area contributed by atoms with Crippen molar-refractivity contribution in [2.24, 2.45) is 0 Å². The number of nitrogens with one attached hydrogen (secondary N) is 1. The van der Waals surface area contributed by atoms with Crippen molar-refractivity contribution in [2.75, 3.05) is 11.9 Å². The van der Waals surface area contributed by atoms with Crippen LogP contribution >= 0.6 is 15.9 Å². The normalized spacial score (nSPS) is 10.4. The summed E-state index contributed by atoms with van der Waals surface area (Å²) in [6, 6.07) is 30.3. The molecule has 0 bridgehead atoms. The Balaban J connectivity index is 1.40. The number of ether oxygens (including phenoxy) is 1. The van der Waals surface area contributed by atoms with E-state index in [0.717, 1.165) is 15.6 Å². The second-order valence-electron chi connectivity index (χ2n) is 7.45. The van der Waals surface area contributed by atoms with Gasteiger partial charge in [-0.3, -0.25) is 9.59 Å². The zero-order chi connectivity index (χ0) is 23.9. The first-order valence-corrected chi connectivity index (χ1v) is 11.3. The van der Waals surface area contributed by atoms with Gasteiger partial charge >= 0.3 is 5.97 Å². The minimum atomic E-state index is -0.694. The van der Waals surface area contributed by atoms with E-state index in [9.17, 15) is 14.4 Å². The molecule has 0 spiro atoms. The summed E-state index contributed by atoms with van der Waals surface area (Å²) in [5.41, 5.74) is 3.41. The van der Waals surface area contributed by atoms with Gasteiger partial charge in [0.1, 0.15) is 0 Å². The summed E-state index contributed by atoms with van der Waals surface area (Å²) in [7, 11) is 0. The third kappa shape index (κ3) is 5.66.